The third-order valence-corrected chi connectivity index (χ3v) is 6.58. The molecule has 0 spiro atoms. The lowest BCUT2D eigenvalue weighted by molar-refractivity contribution is -0.179. The van der Waals surface area contributed by atoms with Crippen molar-refractivity contribution >= 4 is 23.0 Å². The van der Waals surface area contributed by atoms with Gasteiger partial charge in [0.15, 0.2) is 0 Å². The number of benzene rings is 2. The number of rotatable bonds is 7. The molecule has 2 aromatic carbocycles. The maximum atomic E-state index is 12.9. The van der Waals surface area contributed by atoms with E-state index in [1.165, 1.54) is 0 Å². The average molecular weight is 461 g/mol. The van der Waals surface area contributed by atoms with Gasteiger partial charge >= 0.3 is 6.18 Å². The van der Waals surface area contributed by atoms with E-state index in [-0.39, 0.29) is 24.7 Å². The van der Waals surface area contributed by atoms with Crippen LogP contribution in [0.5, 0.6) is 0 Å². The molecule has 0 aliphatic carbocycles. The zero-order valence-electron chi connectivity index (χ0n) is 18.6. The zero-order chi connectivity index (χ0) is 23.3. The molecule has 2 heterocycles. The van der Waals surface area contributed by atoms with Crippen molar-refractivity contribution in [3.05, 3.63) is 54.1 Å². The summed E-state index contributed by atoms with van der Waals surface area (Å²) in [4.78, 5) is 14.1. The molecule has 2 fully saturated rings. The molecular formula is C25H31F3N4O. The van der Waals surface area contributed by atoms with Crippen LogP contribution in [0, 0.1) is 11.8 Å². The topological polar surface area (TPSA) is 56.4 Å². The molecule has 2 aliphatic heterocycles. The lowest BCUT2D eigenvalue weighted by atomic mass is 9.96. The number of nitrogens with one attached hydrogen (secondary N) is 3. The number of hydrogen-bond acceptors (Lipinski definition) is 4. The van der Waals surface area contributed by atoms with E-state index < -0.39 is 12.1 Å². The van der Waals surface area contributed by atoms with Gasteiger partial charge in [-0.2, -0.15) is 13.2 Å². The highest BCUT2D eigenvalue weighted by Gasteiger charge is 2.41. The minimum atomic E-state index is -4.09. The molecule has 33 heavy (non-hydrogen) atoms. The van der Waals surface area contributed by atoms with Crippen molar-refractivity contribution in [3.63, 3.8) is 0 Å². The van der Waals surface area contributed by atoms with Crippen molar-refractivity contribution in [2.45, 2.75) is 31.9 Å². The van der Waals surface area contributed by atoms with Crippen molar-refractivity contribution in [3.8, 4) is 0 Å². The van der Waals surface area contributed by atoms with Gasteiger partial charge in [-0.25, -0.2) is 0 Å². The second kappa shape index (κ2) is 10.5. The van der Waals surface area contributed by atoms with Crippen LogP contribution in [0.4, 0.5) is 30.2 Å². The SMILES string of the molecule is O=C(NCCc1ccc(Nc2ccc(N3CCC(C(F)(F)F)CC3)cc2)cc1)C1CCNC1. The summed E-state index contributed by atoms with van der Waals surface area (Å²) in [6, 6.07) is 15.9. The van der Waals surface area contributed by atoms with Crippen LogP contribution in [0.1, 0.15) is 24.8 Å². The number of nitrogens with zero attached hydrogens (tertiary/aromatic N) is 1. The standard InChI is InChI=1S/C25H31F3N4O/c26-25(27,28)20-11-15-32(16-12-20)23-7-5-22(6-8-23)31-21-3-1-18(2-4-21)9-14-30-24(33)19-10-13-29-17-19/h1-8,19-20,29,31H,9-17H2,(H,30,33). The third kappa shape index (κ3) is 6.41. The number of halogens is 3. The van der Waals surface area contributed by atoms with Gasteiger partial charge in [0.25, 0.3) is 0 Å². The molecule has 1 amide bonds. The van der Waals surface area contributed by atoms with Crippen molar-refractivity contribution < 1.29 is 18.0 Å². The van der Waals surface area contributed by atoms with Crippen LogP contribution in [0.15, 0.2) is 48.5 Å². The maximum Gasteiger partial charge on any atom is 0.391 e. The van der Waals surface area contributed by atoms with Crippen LogP contribution < -0.4 is 20.9 Å². The number of carbonyl (C=O) groups excluding carboxylic acids is 1. The number of piperidine rings is 1. The fourth-order valence-corrected chi connectivity index (χ4v) is 4.49. The first kappa shape index (κ1) is 23.4. The van der Waals surface area contributed by atoms with Crippen molar-refractivity contribution in [2.24, 2.45) is 11.8 Å². The summed E-state index contributed by atoms with van der Waals surface area (Å²) in [5.74, 6) is -0.959. The molecule has 0 radical (unpaired) electrons. The molecule has 178 valence electrons. The Hall–Kier alpha value is -2.74. The molecule has 2 saturated heterocycles. The Balaban J connectivity index is 1.22. The van der Waals surface area contributed by atoms with E-state index in [1.807, 2.05) is 53.4 Å². The molecule has 5 nitrogen and oxygen atoms in total. The van der Waals surface area contributed by atoms with Gasteiger partial charge in [-0.1, -0.05) is 12.1 Å². The number of alkyl halides is 3. The Labute approximate surface area is 192 Å². The van der Waals surface area contributed by atoms with Crippen LogP contribution in [-0.2, 0) is 11.2 Å². The normalized spacial score (nSPS) is 19.5. The monoisotopic (exact) mass is 460 g/mol. The minimum absolute atomic E-state index is 0.0923. The molecule has 1 unspecified atom stereocenters. The highest BCUT2D eigenvalue weighted by molar-refractivity contribution is 5.79. The molecule has 2 aromatic rings. The van der Waals surface area contributed by atoms with E-state index in [9.17, 15) is 18.0 Å². The van der Waals surface area contributed by atoms with Crippen LogP contribution >= 0.6 is 0 Å². The van der Waals surface area contributed by atoms with E-state index in [2.05, 4.69) is 16.0 Å². The molecular weight excluding hydrogens is 429 g/mol. The number of carbonyl (C=O) groups is 1. The Bertz CT molecular complexity index is 901. The molecule has 8 heteroatoms. The first-order valence-corrected chi connectivity index (χ1v) is 11.6. The summed E-state index contributed by atoms with van der Waals surface area (Å²) in [7, 11) is 0. The Morgan fingerprint density at radius 3 is 2.18 bits per heavy atom. The summed E-state index contributed by atoms with van der Waals surface area (Å²) in [6.07, 6.45) is -2.10. The van der Waals surface area contributed by atoms with E-state index >= 15 is 0 Å². The zero-order valence-corrected chi connectivity index (χ0v) is 18.6. The molecule has 0 saturated carbocycles. The first-order chi connectivity index (χ1) is 15.9. The molecule has 3 N–H and O–H groups in total. The Morgan fingerprint density at radius 1 is 0.970 bits per heavy atom. The summed E-state index contributed by atoms with van der Waals surface area (Å²) in [5.41, 5.74) is 3.99. The fraction of sp³-hybridized carbons (Fsp3) is 0.480. The molecule has 1 atom stereocenters. The largest absolute Gasteiger partial charge is 0.391 e. The Morgan fingerprint density at radius 2 is 1.61 bits per heavy atom. The predicted molar refractivity (Wildman–Crippen MR) is 125 cm³/mol. The summed E-state index contributed by atoms with van der Waals surface area (Å²) >= 11 is 0. The third-order valence-electron chi connectivity index (χ3n) is 6.58. The molecule has 4 rings (SSSR count). The average Bonchev–Trinajstić information content (AvgIpc) is 3.35. The molecule has 2 aliphatic rings. The highest BCUT2D eigenvalue weighted by atomic mass is 19.4. The van der Waals surface area contributed by atoms with Crippen LogP contribution in [0.3, 0.4) is 0 Å². The van der Waals surface area contributed by atoms with Gasteiger partial charge in [-0.05, 0) is 74.2 Å². The number of anilines is 3. The predicted octanol–water partition coefficient (Wildman–Crippen LogP) is 4.48. The lowest BCUT2D eigenvalue weighted by Crippen LogP contribution is -2.38. The van der Waals surface area contributed by atoms with E-state index in [0.29, 0.717) is 19.6 Å². The minimum Gasteiger partial charge on any atom is -0.372 e. The second-order valence-electron chi connectivity index (χ2n) is 8.90. The van der Waals surface area contributed by atoms with Crippen molar-refractivity contribution in [1.29, 1.82) is 0 Å². The summed E-state index contributed by atoms with van der Waals surface area (Å²) in [6.45, 7) is 3.16. The van der Waals surface area contributed by atoms with Gasteiger partial charge in [-0.15, -0.1) is 0 Å². The van der Waals surface area contributed by atoms with Gasteiger partial charge in [0.2, 0.25) is 5.91 Å². The van der Waals surface area contributed by atoms with Gasteiger partial charge in [0.05, 0.1) is 11.8 Å². The first-order valence-electron chi connectivity index (χ1n) is 11.6. The van der Waals surface area contributed by atoms with E-state index in [1.54, 1.807) is 0 Å². The fourth-order valence-electron chi connectivity index (χ4n) is 4.49. The quantitative estimate of drug-likeness (QED) is 0.571. The number of hydrogen-bond donors (Lipinski definition) is 3. The lowest BCUT2D eigenvalue weighted by Gasteiger charge is -2.34. The molecule has 0 bridgehead atoms. The summed E-state index contributed by atoms with van der Waals surface area (Å²) in [5, 5.41) is 9.58. The highest BCUT2D eigenvalue weighted by Crippen LogP contribution is 2.35. The van der Waals surface area contributed by atoms with Crippen molar-refractivity contribution in [1.82, 2.24) is 10.6 Å². The number of amides is 1. The Kier molecular flexibility index (Phi) is 7.42. The van der Waals surface area contributed by atoms with Crippen molar-refractivity contribution in [2.75, 3.05) is 42.9 Å². The van der Waals surface area contributed by atoms with Gasteiger partial charge in [0.1, 0.15) is 0 Å². The maximum absolute atomic E-state index is 12.9. The summed E-state index contributed by atoms with van der Waals surface area (Å²) < 4.78 is 38.6. The van der Waals surface area contributed by atoms with E-state index in [0.717, 1.165) is 48.6 Å². The van der Waals surface area contributed by atoms with Gasteiger partial charge < -0.3 is 20.9 Å². The molecule has 0 aromatic heterocycles. The van der Waals surface area contributed by atoms with Crippen LogP contribution in [-0.4, -0.2) is 44.8 Å². The van der Waals surface area contributed by atoms with Gasteiger partial charge in [0, 0.05) is 43.2 Å². The van der Waals surface area contributed by atoms with Crippen LogP contribution in [0.2, 0.25) is 0 Å². The van der Waals surface area contributed by atoms with Gasteiger partial charge in [-0.3, -0.25) is 4.79 Å². The second-order valence-corrected chi connectivity index (χ2v) is 8.90. The smallest absolute Gasteiger partial charge is 0.372 e. The van der Waals surface area contributed by atoms with E-state index in [4.69, 9.17) is 0 Å². The van der Waals surface area contributed by atoms with Crippen LogP contribution in [0.25, 0.3) is 0 Å².